The molecule has 0 fully saturated rings. The van der Waals surface area contributed by atoms with Crippen molar-refractivity contribution in [1.29, 1.82) is 0 Å². The minimum absolute atomic E-state index is 0.0777. The van der Waals surface area contributed by atoms with Gasteiger partial charge in [-0.3, -0.25) is 9.10 Å². The van der Waals surface area contributed by atoms with Crippen molar-refractivity contribution in [2.45, 2.75) is 25.3 Å². The Morgan fingerprint density at radius 1 is 1.06 bits per heavy atom. The molecule has 0 unspecified atom stereocenters. The first-order valence-electron chi connectivity index (χ1n) is 11.5. The molecule has 0 N–H and O–H groups in total. The van der Waals surface area contributed by atoms with Gasteiger partial charge in [-0.1, -0.05) is 29.5 Å². The number of hydrogen-bond donors (Lipinski definition) is 0. The average molecular weight is 528 g/mol. The first-order valence-corrected chi connectivity index (χ1v) is 13.7. The Morgan fingerprint density at radius 2 is 1.78 bits per heavy atom. The van der Waals surface area contributed by atoms with Crippen molar-refractivity contribution in [1.82, 2.24) is 4.57 Å². The molecule has 1 amide bonds. The summed E-state index contributed by atoms with van der Waals surface area (Å²) in [5.74, 6) is -0.890. The molecule has 0 radical (unpaired) electrons. The number of sulfonamides is 1. The minimum Gasteiger partial charge on any atom is -0.380 e. The van der Waals surface area contributed by atoms with E-state index in [-0.39, 0.29) is 22.8 Å². The average Bonchev–Trinajstić information content (AvgIpc) is 3.21. The number of rotatable bonds is 9. The van der Waals surface area contributed by atoms with Gasteiger partial charge in [-0.25, -0.2) is 12.8 Å². The van der Waals surface area contributed by atoms with Gasteiger partial charge in [-0.2, -0.15) is 4.99 Å². The molecule has 1 aromatic heterocycles. The van der Waals surface area contributed by atoms with Gasteiger partial charge in [0.15, 0.2) is 4.80 Å². The van der Waals surface area contributed by atoms with Crippen LogP contribution >= 0.6 is 11.3 Å². The Kier molecular flexibility index (Phi) is 7.97. The number of nitrogens with zero attached hydrogens (tertiary/aromatic N) is 3. The summed E-state index contributed by atoms with van der Waals surface area (Å²) in [5, 5.41) is 0. The van der Waals surface area contributed by atoms with Crippen molar-refractivity contribution in [2.24, 2.45) is 4.99 Å². The highest BCUT2D eigenvalue weighted by molar-refractivity contribution is 7.92. The fourth-order valence-corrected chi connectivity index (χ4v) is 6.34. The van der Waals surface area contributed by atoms with Gasteiger partial charge in [-0.05, 0) is 68.4 Å². The molecule has 0 aliphatic heterocycles. The van der Waals surface area contributed by atoms with Crippen molar-refractivity contribution in [2.75, 3.05) is 24.1 Å². The zero-order valence-corrected chi connectivity index (χ0v) is 21.6. The SMILES string of the molecule is CCOCCn1c(=NC(=O)c2ccc(S(=O)(=O)N(CC)c3ccccc3)cc2)sc2cc(F)ccc21. The van der Waals surface area contributed by atoms with E-state index in [4.69, 9.17) is 4.74 Å². The van der Waals surface area contributed by atoms with E-state index in [1.807, 2.05) is 17.6 Å². The Hall–Kier alpha value is -3.34. The number of hydrogen-bond acceptors (Lipinski definition) is 5. The third-order valence-corrected chi connectivity index (χ3v) is 8.48. The summed E-state index contributed by atoms with van der Waals surface area (Å²) in [4.78, 5) is 17.7. The summed E-state index contributed by atoms with van der Waals surface area (Å²) in [6, 6.07) is 19.0. The van der Waals surface area contributed by atoms with Gasteiger partial charge in [0.2, 0.25) is 0 Å². The number of benzene rings is 3. The predicted octanol–water partition coefficient (Wildman–Crippen LogP) is 4.83. The zero-order valence-electron chi connectivity index (χ0n) is 19.9. The van der Waals surface area contributed by atoms with Crippen LogP contribution in [-0.2, 0) is 21.3 Å². The maximum atomic E-state index is 13.8. The van der Waals surface area contributed by atoms with Crippen LogP contribution in [0.15, 0.2) is 82.7 Å². The molecule has 4 rings (SSSR count). The second-order valence-electron chi connectivity index (χ2n) is 7.79. The quantitative estimate of drug-likeness (QED) is 0.292. The Morgan fingerprint density at radius 3 is 2.44 bits per heavy atom. The van der Waals surface area contributed by atoms with Gasteiger partial charge in [0.25, 0.3) is 15.9 Å². The number of carbonyl (C=O) groups excluding carboxylic acids is 1. The lowest BCUT2D eigenvalue weighted by atomic mass is 10.2. The van der Waals surface area contributed by atoms with Crippen molar-refractivity contribution in [3.8, 4) is 0 Å². The zero-order chi connectivity index (χ0) is 25.7. The molecule has 4 aromatic rings. The Labute approximate surface area is 213 Å². The first kappa shape index (κ1) is 25.7. The number of aromatic nitrogens is 1. The number of para-hydroxylation sites is 1. The summed E-state index contributed by atoms with van der Waals surface area (Å²) in [5.41, 5.74) is 1.57. The summed E-state index contributed by atoms with van der Waals surface area (Å²) in [6.07, 6.45) is 0. The molecule has 1 heterocycles. The van der Waals surface area contributed by atoms with E-state index in [9.17, 15) is 17.6 Å². The molecule has 0 aliphatic carbocycles. The van der Waals surface area contributed by atoms with Crippen LogP contribution in [0.5, 0.6) is 0 Å². The summed E-state index contributed by atoms with van der Waals surface area (Å²) in [6.45, 7) is 5.34. The van der Waals surface area contributed by atoms with Crippen molar-refractivity contribution >= 4 is 43.2 Å². The number of amides is 1. The third kappa shape index (κ3) is 5.40. The Balaban J connectivity index is 1.65. The standard InChI is InChI=1S/C26H26FN3O4S2/c1-3-30(21-8-6-5-7-9-21)36(32,33)22-13-10-19(11-14-22)25(31)28-26-29(16-17-34-4-2)23-15-12-20(27)18-24(23)35-26/h5-15,18H,3-4,16-17H2,1-2H3. The second kappa shape index (κ2) is 11.2. The third-order valence-electron chi connectivity index (χ3n) is 5.53. The molecule has 0 spiro atoms. The van der Waals surface area contributed by atoms with E-state index >= 15 is 0 Å². The fraction of sp³-hybridized carbons (Fsp3) is 0.231. The number of halogens is 1. The van der Waals surface area contributed by atoms with Crippen LogP contribution < -0.4 is 9.11 Å². The predicted molar refractivity (Wildman–Crippen MR) is 139 cm³/mol. The van der Waals surface area contributed by atoms with Crippen LogP contribution in [0.3, 0.4) is 0 Å². The molecule has 0 saturated heterocycles. The first-order chi connectivity index (χ1) is 17.3. The number of thiazole rings is 1. The Bertz CT molecular complexity index is 1530. The van der Waals surface area contributed by atoms with Crippen LogP contribution in [0.25, 0.3) is 10.2 Å². The number of carbonyl (C=O) groups is 1. The summed E-state index contributed by atoms with van der Waals surface area (Å²) < 4.78 is 49.4. The highest BCUT2D eigenvalue weighted by atomic mass is 32.2. The summed E-state index contributed by atoms with van der Waals surface area (Å²) >= 11 is 1.21. The van der Waals surface area contributed by atoms with E-state index in [0.717, 1.165) is 5.52 Å². The van der Waals surface area contributed by atoms with Crippen LogP contribution in [0.4, 0.5) is 10.1 Å². The molecule has 7 nitrogen and oxygen atoms in total. The van der Waals surface area contributed by atoms with E-state index < -0.39 is 15.9 Å². The number of anilines is 1. The highest BCUT2D eigenvalue weighted by Gasteiger charge is 2.23. The molecule has 0 saturated carbocycles. The highest BCUT2D eigenvalue weighted by Crippen LogP contribution is 2.24. The van der Waals surface area contributed by atoms with Gasteiger partial charge in [0.1, 0.15) is 5.82 Å². The maximum absolute atomic E-state index is 13.8. The summed E-state index contributed by atoms with van der Waals surface area (Å²) in [7, 11) is -3.81. The van der Waals surface area contributed by atoms with Gasteiger partial charge in [0.05, 0.1) is 27.4 Å². The lowest BCUT2D eigenvalue weighted by Gasteiger charge is -2.22. The lowest BCUT2D eigenvalue weighted by Crippen LogP contribution is -2.30. The molecule has 36 heavy (non-hydrogen) atoms. The molecule has 3 aromatic carbocycles. The molecule has 0 bridgehead atoms. The number of ether oxygens (including phenoxy) is 1. The molecule has 0 atom stereocenters. The van der Waals surface area contributed by atoms with Crippen LogP contribution in [0, 0.1) is 5.82 Å². The van der Waals surface area contributed by atoms with Gasteiger partial charge in [-0.15, -0.1) is 0 Å². The topological polar surface area (TPSA) is 81.0 Å². The molecular weight excluding hydrogens is 501 g/mol. The minimum atomic E-state index is -3.81. The van der Waals surface area contributed by atoms with Gasteiger partial charge >= 0.3 is 0 Å². The smallest absolute Gasteiger partial charge is 0.279 e. The van der Waals surface area contributed by atoms with Gasteiger partial charge < -0.3 is 9.30 Å². The van der Waals surface area contributed by atoms with E-state index in [1.54, 1.807) is 37.3 Å². The lowest BCUT2D eigenvalue weighted by molar-refractivity contribution is 0.0996. The molecule has 188 valence electrons. The van der Waals surface area contributed by atoms with E-state index in [1.165, 1.54) is 52.0 Å². The van der Waals surface area contributed by atoms with E-state index in [0.29, 0.717) is 34.9 Å². The van der Waals surface area contributed by atoms with Crippen molar-refractivity contribution in [3.05, 3.63) is 89.0 Å². The molecular formula is C26H26FN3O4S2. The van der Waals surface area contributed by atoms with Gasteiger partial charge in [0, 0.05) is 25.3 Å². The second-order valence-corrected chi connectivity index (χ2v) is 10.7. The monoisotopic (exact) mass is 527 g/mol. The van der Waals surface area contributed by atoms with Crippen LogP contribution in [-0.4, -0.2) is 38.7 Å². The molecule has 0 aliphatic rings. The van der Waals surface area contributed by atoms with Crippen molar-refractivity contribution < 1.29 is 22.3 Å². The number of fused-ring (bicyclic) bond motifs is 1. The van der Waals surface area contributed by atoms with Crippen LogP contribution in [0.2, 0.25) is 0 Å². The normalized spacial score (nSPS) is 12.2. The van der Waals surface area contributed by atoms with Crippen LogP contribution in [0.1, 0.15) is 24.2 Å². The van der Waals surface area contributed by atoms with Crippen molar-refractivity contribution in [3.63, 3.8) is 0 Å². The maximum Gasteiger partial charge on any atom is 0.279 e. The van der Waals surface area contributed by atoms with E-state index in [2.05, 4.69) is 4.99 Å². The fourth-order valence-electron chi connectivity index (χ4n) is 3.78. The largest absolute Gasteiger partial charge is 0.380 e. The molecule has 10 heteroatoms.